The summed E-state index contributed by atoms with van der Waals surface area (Å²) in [5.41, 5.74) is 8.42. The van der Waals surface area contributed by atoms with E-state index in [4.69, 9.17) is 9.84 Å². The van der Waals surface area contributed by atoms with Crippen LogP contribution in [0.1, 0.15) is 32.7 Å². The zero-order valence-electron chi connectivity index (χ0n) is 21.3. The van der Waals surface area contributed by atoms with Crippen LogP contribution in [0.2, 0.25) is 0 Å². The van der Waals surface area contributed by atoms with E-state index in [1.807, 2.05) is 74.8 Å². The minimum Gasteiger partial charge on any atom is -0.497 e. The SMILES string of the molecule is COc1cc(C)c(Nc2c(-c3cc4nccnc4cc3C)c(C)nn2-c2ccccc2C)c(C(=O)O)c1. The molecule has 0 radical (unpaired) electrons. The van der Waals surface area contributed by atoms with Crippen LogP contribution < -0.4 is 10.1 Å². The highest BCUT2D eigenvalue weighted by Crippen LogP contribution is 2.40. The molecule has 37 heavy (non-hydrogen) atoms. The largest absolute Gasteiger partial charge is 0.497 e. The molecule has 8 heteroatoms. The average molecular weight is 494 g/mol. The van der Waals surface area contributed by atoms with E-state index in [9.17, 15) is 9.90 Å². The molecule has 0 amide bonds. The van der Waals surface area contributed by atoms with Crippen LogP contribution in [0.3, 0.4) is 0 Å². The molecule has 0 aliphatic rings. The van der Waals surface area contributed by atoms with Crippen molar-refractivity contribution < 1.29 is 14.6 Å². The number of methoxy groups -OCH3 is 1. The summed E-state index contributed by atoms with van der Waals surface area (Å²) in [6.07, 6.45) is 3.35. The molecule has 2 aromatic heterocycles. The van der Waals surface area contributed by atoms with E-state index in [0.717, 1.165) is 50.2 Å². The first-order valence-electron chi connectivity index (χ1n) is 11.8. The summed E-state index contributed by atoms with van der Waals surface area (Å²) in [4.78, 5) is 21.2. The number of aromatic carboxylic acids is 1. The number of carboxylic acid groups (broad SMARTS) is 1. The first kappa shape index (κ1) is 24.0. The van der Waals surface area contributed by atoms with Crippen LogP contribution >= 0.6 is 0 Å². The predicted octanol–water partition coefficient (Wildman–Crippen LogP) is 6.17. The number of nitrogens with one attached hydrogen (secondary N) is 1. The van der Waals surface area contributed by atoms with E-state index in [1.165, 1.54) is 13.2 Å². The number of anilines is 2. The van der Waals surface area contributed by atoms with Gasteiger partial charge in [0, 0.05) is 18.0 Å². The Balaban J connectivity index is 1.81. The van der Waals surface area contributed by atoms with Crippen molar-refractivity contribution in [1.82, 2.24) is 19.7 Å². The van der Waals surface area contributed by atoms with Gasteiger partial charge in [-0.15, -0.1) is 0 Å². The molecular formula is C29H27N5O3. The van der Waals surface area contributed by atoms with Crippen molar-refractivity contribution in [2.45, 2.75) is 27.7 Å². The van der Waals surface area contributed by atoms with Gasteiger partial charge in [-0.3, -0.25) is 9.97 Å². The van der Waals surface area contributed by atoms with Crippen LogP contribution in [0.4, 0.5) is 11.5 Å². The van der Waals surface area contributed by atoms with Crippen molar-refractivity contribution in [2.75, 3.05) is 12.4 Å². The van der Waals surface area contributed by atoms with Crippen molar-refractivity contribution in [1.29, 1.82) is 0 Å². The van der Waals surface area contributed by atoms with Crippen molar-refractivity contribution in [3.05, 3.63) is 88.9 Å². The molecular weight excluding hydrogens is 466 g/mol. The first-order valence-corrected chi connectivity index (χ1v) is 11.8. The third-order valence-electron chi connectivity index (χ3n) is 6.51. The van der Waals surface area contributed by atoms with E-state index in [-0.39, 0.29) is 5.56 Å². The van der Waals surface area contributed by atoms with Gasteiger partial charge in [-0.05, 0) is 80.3 Å². The molecule has 0 atom stereocenters. The molecule has 0 bridgehead atoms. The maximum absolute atomic E-state index is 12.3. The lowest BCUT2D eigenvalue weighted by Crippen LogP contribution is -2.10. The fourth-order valence-electron chi connectivity index (χ4n) is 4.65. The number of carboxylic acids is 1. The summed E-state index contributed by atoms with van der Waals surface area (Å²) in [5.74, 6) is 0.0870. The highest BCUT2D eigenvalue weighted by atomic mass is 16.5. The first-order chi connectivity index (χ1) is 17.8. The van der Waals surface area contributed by atoms with Gasteiger partial charge in [-0.25, -0.2) is 9.48 Å². The number of ether oxygens (including phenoxy) is 1. The predicted molar refractivity (Wildman–Crippen MR) is 144 cm³/mol. The molecule has 3 aromatic carbocycles. The molecule has 0 saturated heterocycles. The lowest BCUT2D eigenvalue weighted by Gasteiger charge is -2.18. The average Bonchev–Trinajstić information content (AvgIpc) is 3.19. The Morgan fingerprint density at radius 3 is 2.30 bits per heavy atom. The van der Waals surface area contributed by atoms with Gasteiger partial charge < -0.3 is 15.2 Å². The normalized spacial score (nSPS) is 11.1. The Morgan fingerprint density at radius 2 is 1.62 bits per heavy atom. The second-order valence-electron chi connectivity index (χ2n) is 9.02. The Hall–Kier alpha value is -4.72. The van der Waals surface area contributed by atoms with Gasteiger partial charge in [0.25, 0.3) is 0 Å². The maximum Gasteiger partial charge on any atom is 0.337 e. The number of benzene rings is 3. The van der Waals surface area contributed by atoms with Gasteiger partial charge in [-0.1, -0.05) is 18.2 Å². The highest BCUT2D eigenvalue weighted by Gasteiger charge is 2.24. The number of fused-ring (bicyclic) bond motifs is 1. The van der Waals surface area contributed by atoms with Crippen LogP contribution in [0.5, 0.6) is 5.75 Å². The van der Waals surface area contributed by atoms with E-state index in [2.05, 4.69) is 15.3 Å². The summed E-state index contributed by atoms with van der Waals surface area (Å²) in [6.45, 7) is 7.86. The van der Waals surface area contributed by atoms with Gasteiger partial charge in [0.05, 0.1) is 40.8 Å². The van der Waals surface area contributed by atoms with Crippen LogP contribution in [0.15, 0.2) is 60.9 Å². The number of rotatable bonds is 6. The Labute approximate surface area is 214 Å². The number of carbonyl (C=O) groups is 1. The second kappa shape index (κ2) is 9.39. The van der Waals surface area contributed by atoms with Crippen LogP contribution in [-0.4, -0.2) is 37.9 Å². The number of aryl methyl sites for hydroxylation is 4. The quantitative estimate of drug-likeness (QED) is 0.292. The van der Waals surface area contributed by atoms with E-state index < -0.39 is 5.97 Å². The monoisotopic (exact) mass is 493 g/mol. The lowest BCUT2D eigenvalue weighted by molar-refractivity contribution is 0.0697. The summed E-state index contributed by atoms with van der Waals surface area (Å²) < 4.78 is 7.17. The summed E-state index contributed by atoms with van der Waals surface area (Å²) >= 11 is 0. The van der Waals surface area contributed by atoms with Crippen molar-refractivity contribution in [3.63, 3.8) is 0 Å². The number of para-hydroxylation sites is 1. The summed E-state index contributed by atoms with van der Waals surface area (Å²) in [7, 11) is 1.52. The van der Waals surface area contributed by atoms with Crippen molar-refractivity contribution in [2.24, 2.45) is 0 Å². The molecule has 0 aliphatic heterocycles. The molecule has 0 saturated carbocycles. The van der Waals surface area contributed by atoms with Crippen LogP contribution in [0, 0.1) is 27.7 Å². The van der Waals surface area contributed by atoms with Gasteiger partial charge >= 0.3 is 5.97 Å². The van der Waals surface area contributed by atoms with Crippen LogP contribution in [-0.2, 0) is 0 Å². The zero-order valence-corrected chi connectivity index (χ0v) is 21.3. The summed E-state index contributed by atoms with van der Waals surface area (Å²) in [5, 5.41) is 18.4. The lowest BCUT2D eigenvalue weighted by atomic mass is 9.98. The molecule has 0 aliphatic carbocycles. The molecule has 0 unspecified atom stereocenters. The minimum absolute atomic E-state index is 0.110. The molecule has 0 spiro atoms. The fraction of sp³-hybridized carbons (Fsp3) is 0.172. The molecule has 2 N–H and O–H groups in total. The van der Waals surface area contributed by atoms with Crippen molar-refractivity contribution in [3.8, 4) is 22.6 Å². The van der Waals surface area contributed by atoms with Crippen LogP contribution in [0.25, 0.3) is 27.8 Å². The minimum atomic E-state index is -1.05. The third kappa shape index (κ3) is 4.27. The standard InChI is InChI=1S/C29H27N5O3/c1-16-8-6-7-9-25(16)34-28(32-27-18(3)12-20(37-5)14-22(27)29(35)36)26(19(4)33-34)21-15-24-23(13-17(21)2)30-10-11-31-24/h6-15,32H,1-5H3,(H,35,36). The molecule has 0 fully saturated rings. The van der Waals surface area contributed by atoms with Gasteiger partial charge in [-0.2, -0.15) is 5.10 Å². The number of aromatic nitrogens is 4. The summed E-state index contributed by atoms with van der Waals surface area (Å²) in [6, 6.07) is 15.3. The Bertz CT molecular complexity index is 1670. The zero-order chi connectivity index (χ0) is 26.3. The Kier molecular flexibility index (Phi) is 6.09. The van der Waals surface area contributed by atoms with Crippen molar-refractivity contribution >= 4 is 28.5 Å². The molecule has 5 aromatic rings. The van der Waals surface area contributed by atoms with E-state index >= 15 is 0 Å². The highest BCUT2D eigenvalue weighted by molar-refractivity contribution is 5.98. The van der Waals surface area contributed by atoms with Gasteiger partial charge in [0.2, 0.25) is 0 Å². The van der Waals surface area contributed by atoms with E-state index in [0.29, 0.717) is 17.3 Å². The number of hydrogen-bond donors (Lipinski definition) is 2. The van der Waals surface area contributed by atoms with Gasteiger partial charge in [0.1, 0.15) is 11.6 Å². The topological polar surface area (TPSA) is 102 Å². The Morgan fingerprint density at radius 1 is 0.919 bits per heavy atom. The number of hydrogen-bond acceptors (Lipinski definition) is 6. The molecule has 8 nitrogen and oxygen atoms in total. The smallest absolute Gasteiger partial charge is 0.337 e. The van der Waals surface area contributed by atoms with Gasteiger partial charge in [0.15, 0.2) is 0 Å². The fourth-order valence-corrected chi connectivity index (χ4v) is 4.65. The molecule has 186 valence electrons. The van der Waals surface area contributed by atoms with E-state index in [1.54, 1.807) is 12.4 Å². The molecule has 5 rings (SSSR count). The second-order valence-corrected chi connectivity index (χ2v) is 9.02. The number of nitrogens with zero attached hydrogens (tertiary/aromatic N) is 4. The molecule has 2 heterocycles. The maximum atomic E-state index is 12.3. The third-order valence-corrected chi connectivity index (χ3v) is 6.51.